The lowest BCUT2D eigenvalue weighted by atomic mass is 10.1. The quantitative estimate of drug-likeness (QED) is 0.269. The third-order valence-electron chi connectivity index (χ3n) is 4.74. The predicted molar refractivity (Wildman–Crippen MR) is 126 cm³/mol. The molecule has 0 N–H and O–H groups in total. The van der Waals surface area contributed by atoms with Gasteiger partial charge in [-0.3, -0.25) is 0 Å². The Hall–Kier alpha value is -3.52. The van der Waals surface area contributed by atoms with Gasteiger partial charge in [0.15, 0.2) is 0 Å². The summed E-state index contributed by atoms with van der Waals surface area (Å²) in [6.07, 6.45) is 0. The first-order valence-electron chi connectivity index (χ1n) is 9.79. The van der Waals surface area contributed by atoms with Crippen LogP contribution < -0.4 is 0 Å². The smallest absolute Gasteiger partial charge is 0.0671 e. The van der Waals surface area contributed by atoms with Crippen LogP contribution in [0.2, 0.25) is 0 Å². The SMILES string of the molecule is C/C(=N\N=C(/C)c1ccccc1)c1ccccc1.Cc1cccc2ccccc12. The summed E-state index contributed by atoms with van der Waals surface area (Å²) < 4.78 is 0. The molecule has 2 nitrogen and oxygen atoms in total. The molecule has 0 atom stereocenters. The molecule has 0 heterocycles. The molecule has 0 spiro atoms. The van der Waals surface area contributed by atoms with E-state index in [2.05, 4.69) is 59.6 Å². The molecule has 0 radical (unpaired) electrons. The Morgan fingerprint density at radius 3 is 1.48 bits per heavy atom. The van der Waals surface area contributed by atoms with E-state index in [1.807, 2.05) is 74.5 Å². The zero-order valence-electron chi connectivity index (χ0n) is 17.2. The Morgan fingerprint density at radius 1 is 0.517 bits per heavy atom. The molecule has 29 heavy (non-hydrogen) atoms. The number of hydrogen-bond acceptors (Lipinski definition) is 2. The zero-order valence-corrected chi connectivity index (χ0v) is 17.2. The summed E-state index contributed by atoms with van der Waals surface area (Å²) >= 11 is 0. The van der Waals surface area contributed by atoms with Crippen LogP contribution in [0.25, 0.3) is 10.8 Å². The molecule has 0 aliphatic heterocycles. The number of nitrogens with zero attached hydrogens (tertiary/aromatic N) is 2. The first-order chi connectivity index (χ1) is 14.1. The molecule has 0 amide bonds. The average Bonchev–Trinajstić information content (AvgIpc) is 2.79. The van der Waals surface area contributed by atoms with Gasteiger partial charge >= 0.3 is 0 Å². The monoisotopic (exact) mass is 378 g/mol. The van der Waals surface area contributed by atoms with Crippen molar-refractivity contribution < 1.29 is 0 Å². The number of fused-ring (bicyclic) bond motifs is 1. The summed E-state index contributed by atoms with van der Waals surface area (Å²) in [6.45, 7) is 6.08. The lowest BCUT2D eigenvalue weighted by Crippen LogP contribution is -1.96. The number of aryl methyl sites for hydroxylation is 1. The summed E-state index contributed by atoms with van der Waals surface area (Å²) in [5.74, 6) is 0. The van der Waals surface area contributed by atoms with Gasteiger partial charge in [-0.15, -0.1) is 0 Å². The Bertz CT molecular complexity index is 1050. The van der Waals surface area contributed by atoms with Crippen LogP contribution in [0, 0.1) is 6.92 Å². The predicted octanol–water partition coefficient (Wildman–Crippen LogP) is 7.07. The fourth-order valence-corrected chi connectivity index (χ4v) is 3.01. The van der Waals surface area contributed by atoms with Gasteiger partial charge in [-0.2, -0.15) is 10.2 Å². The topological polar surface area (TPSA) is 24.7 Å². The zero-order chi connectivity index (χ0) is 20.5. The lowest BCUT2D eigenvalue weighted by Gasteiger charge is -1.99. The number of rotatable bonds is 3. The molecule has 0 fully saturated rings. The summed E-state index contributed by atoms with van der Waals surface area (Å²) in [5.41, 5.74) is 5.39. The standard InChI is InChI=1S/C16H16N2.C11H10/c1-13(15-9-5-3-6-10-15)17-18-14(2)16-11-7-4-8-12-16;1-9-5-4-7-10-6-2-3-8-11(9)10/h3-12H,1-2H3;2-8H,1H3/b17-13+,18-14+;. The normalized spacial score (nSPS) is 11.7. The van der Waals surface area contributed by atoms with Gasteiger partial charge in [0.25, 0.3) is 0 Å². The van der Waals surface area contributed by atoms with Crippen molar-refractivity contribution in [3.63, 3.8) is 0 Å². The molecule has 0 saturated carbocycles. The highest BCUT2D eigenvalue weighted by Gasteiger charge is 1.97. The van der Waals surface area contributed by atoms with Crippen LogP contribution in [0.1, 0.15) is 30.5 Å². The second kappa shape index (κ2) is 10.1. The maximum absolute atomic E-state index is 4.28. The van der Waals surface area contributed by atoms with Crippen molar-refractivity contribution >= 4 is 22.2 Å². The van der Waals surface area contributed by atoms with Crippen LogP contribution in [-0.4, -0.2) is 11.4 Å². The van der Waals surface area contributed by atoms with E-state index in [0.717, 1.165) is 22.6 Å². The van der Waals surface area contributed by atoms with Crippen LogP contribution in [-0.2, 0) is 0 Å². The van der Waals surface area contributed by atoms with E-state index < -0.39 is 0 Å². The number of benzene rings is 4. The van der Waals surface area contributed by atoms with Crippen molar-refractivity contribution in [2.75, 3.05) is 0 Å². The highest BCUT2D eigenvalue weighted by Crippen LogP contribution is 2.16. The van der Waals surface area contributed by atoms with Gasteiger partial charge in [0.05, 0.1) is 11.4 Å². The molecule has 4 aromatic rings. The van der Waals surface area contributed by atoms with Gasteiger partial charge in [0.1, 0.15) is 0 Å². The van der Waals surface area contributed by atoms with E-state index in [0.29, 0.717) is 0 Å². The minimum absolute atomic E-state index is 0.922. The van der Waals surface area contributed by atoms with Crippen molar-refractivity contribution in [3.05, 3.63) is 120 Å². The highest BCUT2D eigenvalue weighted by molar-refractivity contribution is 6.01. The summed E-state index contributed by atoms with van der Waals surface area (Å²) in [7, 11) is 0. The van der Waals surface area contributed by atoms with Gasteiger partial charge in [0.2, 0.25) is 0 Å². The fourth-order valence-electron chi connectivity index (χ4n) is 3.01. The minimum atomic E-state index is 0.922. The summed E-state index contributed by atoms with van der Waals surface area (Å²) in [5, 5.41) is 11.2. The first-order valence-corrected chi connectivity index (χ1v) is 9.79. The van der Waals surface area contributed by atoms with Crippen molar-refractivity contribution in [3.8, 4) is 0 Å². The first kappa shape index (κ1) is 20.2. The van der Waals surface area contributed by atoms with Gasteiger partial charge < -0.3 is 0 Å². The van der Waals surface area contributed by atoms with Gasteiger partial charge in [-0.05, 0) is 48.2 Å². The van der Waals surface area contributed by atoms with Gasteiger partial charge in [-0.25, -0.2) is 0 Å². The van der Waals surface area contributed by atoms with Crippen molar-refractivity contribution in [1.82, 2.24) is 0 Å². The Morgan fingerprint density at radius 2 is 0.966 bits per heavy atom. The molecule has 0 saturated heterocycles. The average molecular weight is 379 g/mol. The van der Waals surface area contributed by atoms with Crippen LogP contribution in [0.15, 0.2) is 113 Å². The van der Waals surface area contributed by atoms with Crippen molar-refractivity contribution in [2.24, 2.45) is 10.2 Å². The molecule has 0 unspecified atom stereocenters. The summed E-state index contributed by atoms with van der Waals surface area (Å²) in [4.78, 5) is 0. The second-order valence-electron chi connectivity index (χ2n) is 6.90. The molecule has 4 aromatic carbocycles. The van der Waals surface area contributed by atoms with Gasteiger partial charge in [-0.1, -0.05) is 103 Å². The lowest BCUT2D eigenvalue weighted by molar-refractivity contribution is 1.22. The van der Waals surface area contributed by atoms with Crippen LogP contribution in [0.4, 0.5) is 0 Å². The van der Waals surface area contributed by atoms with E-state index in [1.165, 1.54) is 16.3 Å². The molecule has 4 rings (SSSR count). The second-order valence-corrected chi connectivity index (χ2v) is 6.90. The third-order valence-corrected chi connectivity index (χ3v) is 4.74. The molecule has 144 valence electrons. The molecular weight excluding hydrogens is 352 g/mol. The van der Waals surface area contributed by atoms with E-state index >= 15 is 0 Å². The maximum atomic E-state index is 4.28. The van der Waals surface area contributed by atoms with E-state index in [9.17, 15) is 0 Å². The van der Waals surface area contributed by atoms with Crippen molar-refractivity contribution in [1.29, 1.82) is 0 Å². The third kappa shape index (κ3) is 5.73. The molecule has 0 aromatic heterocycles. The maximum Gasteiger partial charge on any atom is 0.0671 e. The Labute approximate surface area is 173 Å². The Kier molecular flexibility index (Phi) is 7.07. The minimum Gasteiger partial charge on any atom is -0.155 e. The van der Waals surface area contributed by atoms with Crippen molar-refractivity contribution in [2.45, 2.75) is 20.8 Å². The largest absolute Gasteiger partial charge is 0.155 e. The van der Waals surface area contributed by atoms with E-state index in [1.54, 1.807) is 0 Å². The van der Waals surface area contributed by atoms with E-state index in [-0.39, 0.29) is 0 Å². The van der Waals surface area contributed by atoms with Crippen LogP contribution in [0.5, 0.6) is 0 Å². The van der Waals surface area contributed by atoms with E-state index in [4.69, 9.17) is 0 Å². The highest BCUT2D eigenvalue weighted by atomic mass is 15.2. The van der Waals surface area contributed by atoms with Crippen LogP contribution in [0.3, 0.4) is 0 Å². The molecule has 2 heteroatoms. The molecule has 0 aliphatic rings. The molecule has 0 bridgehead atoms. The fraction of sp³-hybridized carbons (Fsp3) is 0.111. The number of hydrogen-bond donors (Lipinski definition) is 0. The van der Waals surface area contributed by atoms with Gasteiger partial charge in [0, 0.05) is 0 Å². The molecular formula is C27H26N2. The molecule has 0 aliphatic carbocycles. The summed E-state index contributed by atoms with van der Waals surface area (Å²) in [6, 6.07) is 35.0. The van der Waals surface area contributed by atoms with Crippen LogP contribution >= 0.6 is 0 Å². The Balaban J connectivity index is 0.000000186.